The molecule has 102 valence electrons. The van der Waals surface area contributed by atoms with E-state index in [1.807, 2.05) is 27.7 Å². The van der Waals surface area contributed by atoms with Gasteiger partial charge in [0.05, 0.1) is 6.42 Å². The van der Waals surface area contributed by atoms with Gasteiger partial charge in [0.2, 0.25) is 6.29 Å². The van der Waals surface area contributed by atoms with E-state index in [1.165, 1.54) is 0 Å². The average Bonchev–Trinajstić information content (AvgIpc) is 2.29. The molecule has 0 aromatic rings. The molecule has 0 heterocycles. The monoisotopic (exact) mass is 248 g/mol. The molecule has 0 atom stereocenters. The summed E-state index contributed by atoms with van der Waals surface area (Å²) in [5.74, 6) is -0.152. The largest absolute Gasteiger partial charge is 0.352 e. The molecule has 5 nitrogen and oxygen atoms in total. The van der Waals surface area contributed by atoms with Gasteiger partial charge in [0.15, 0.2) is 12.1 Å². The zero-order chi connectivity index (χ0) is 13.1. The van der Waals surface area contributed by atoms with Crippen molar-refractivity contribution in [2.45, 2.75) is 46.7 Å². The number of carbonyl (C=O) groups excluding carboxylic acids is 1. The predicted molar refractivity (Wildman–Crippen MR) is 63.7 cm³/mol. The summed E-state index contributed by atoms with van der Waals surface area (Å²) in [4.78, 5) is 11.9. The quantitative estimate of drug-likeness (QED) is 0.521. The van der Waals surface area contributed by atoms with E-state index in [9.17, 15) is 4.79 Å². The van der Waals surface area contributed by atoms with Crippen molar-refractivity contribution >= 4 is 5.78 Å². The molecule has 5 heteroatoms. The summed E-state index contributed by atoms with van der Waals surface area (Å²) >= 11 is 0. The predicted octanol–water partition coefficient (Wildman–Crippen LogP) is 1.74. The fourth-order valence-corrected chi connectivity index (χ4v) is 1.33. The maximum Gasteiger partial charge on any atom is 0.217 e. The smallest absolute Gasteiger partial charge is 0.217 e. The van der Waals surface area contributed by atoms with Crippen LogP contribution in [-0.4, -0.2) is 44.8 Å². The van der Waals surface area contributed by atoms with E-state index in [-0.39, 0.29) is 12.2 Å². The number of ether oxygens (including phenoxy) is 4. The maximum absolute atomic E-state index is 11.9. The number of Topliss-reactive ketones (excluding diaryl/α,β-unsaturated/α-hetero) is 1. The molecule has 0 saturated heterocycles. The molecule has 0 radical (unpaired) electrons. The first-order valence-corrected chi connectivity index (χ1v) is 6.18. The van der Waals surface area contributed by atoms with Crippen LogP contribution in [0.3, 0.4) is 0 Å². The van der Waals surface area contributed by atoms with Crippen molar-refractivity contribution in [2.75, 3.05) is 26.4 Å². The summed E-state index contributed by atoms with van der Waals surface area (Å²) in [6.45, 7) is 9.24. The normalized spacial score (nSPS) is 11.4. The summed E-state index contributed by atoms with van der Waals surface area (Å²) in [6.07, 6.45) is -1.18. The first-order chi connectivity index (χ1) is 8.19. The fraction of sp³-hybridized carbons (Fsp3) is 0.917. The Morgan fingerprint density at radius 1 is 0.824 bits per heavy atom. The third-order valence-corrected chi connectivity index (χ3v) is 1.97. The van der Waals surface area contributed by atoms with Gasteiger partial charge in [-0.3, -0.25) is 4.79 Å². The zero-order valence-electron chi connectivity index (χ0n) is 11.2. The lowest BCUT2D eigenvalue weighted by molar-refractivity contribution is -0.183. The number of carbonyl (C=O) groups is 1. The molecule has 0 fully saturated rings. The molecule has 17 heavy (non-hydrogen) atoms. The third-order valence-electron chi connectivity index (χ3n) is 1.97. The molecule has 0 aromatic carbocycles. The lowest BCUT2D eigenvalue weighted by atomic mass is 10.2. The molecular formula is C12H24O5. The first-order valence-electron chi connectivity index (χ1n) is 6.18. The van der Waals surface area contributed by atoms with E-state index < -0.39 is 12.6 Å². The average molecular weight is 248 g/mol. The molecule has 0 aliphatic rings. The van der Waals surface area contributed by atoms with Gasteiger partial charge in [0, 0.05) is 26.4 Å². The van der Waals surface area contributed by atoms with E-state index in [0.717, 1.165) is 0 Å². The van der Waals surface area contributed by atoms with Crippen LogP contribution in [0, 0.1) is 0 Å². The Morgan fingerprint density at radius 3 is 1.59 bits per heavy atom. The second-order valence-corrected chi connectivity index (χ2v) is 3.25. The second-order valence-electron chi connectivity index (χ2n) is 3.25. The maximum atomic E-state index is 11.9. The third kappa shape index (κ3) is 7.44. The van der Waals surface area contributed by atoms with Crippen LogP contribution >= 0.6 is 0 Å². The highest BCUT2D eigenvalue weighted by atomic mass is 16.7. The van der Waals surface area contributed by atoms with Gasteiger partial charge in [0.25, 0.3) is 0 Å². The molecule has 0 N–H and O–H groups in total. The van der Waals surface area contributed by atoms with Crippen LogP contribution in [0.4, 0.5) is 0 Å². The summed E-state index contributed by atoms with van der Waals surface area (Å²) in [6, 6.07) is 0. The molecule has 0 bridgehead atoms. The summed E-state index contributed by atoms with van der Waals surface area (Å²) < 4.78 is 21.0. The van der Waals surface area contributed by atoms with E-state index in [2.05, 4.69) is 0 Å². The van der Waals surface area contributed by atoms with Crippen molar-refractivity contribution in [2.24, 2.45) is 0 Å². The standard InChI is InChI=1S/C12H24O5/c1-5-14-11(15-6-2)9-10(13)12(16-7-3)17-8-4/h11-12H,5-9H2,1-4H3. The fourth-order valence-electron chi connectivity index (χ4n) is 1.33. The van der Waals surface area contributed by atoms with E-state index in [4.69, 9.17) is 18.9 Å². The lowest BCUT2D eigenvalue weighted by Crippen LogP contribution is -2.32. The van der Waals surface area contributed by atoms with Gasteiger partial charge >= 0.3 is 0 Å². The molecule has 0 saturated carbocycles. The van der Waals surface area contributed by atoms with Gasteiger partial charge < -0.3 is 18.9 Å². The van der Waals surface area contributed by atoms with Crippen LogP contribution in [0.25, 0.3) is 0 Å². The summed E-state index contributed by atoms with van der Waals surface area (Å²) in [7, 11) is 0. The van der Waals surface area contributed by atoms with Crippen LogP contribution in [0.1, 0.15) is 34.1 Å². The van der Waals surface area contributed by atoms with Gasteiger partial charge in [-0.05, 0) is 27.7 Å². The SMILES string of the molecule is CCOC(CC(=O)C(OCC)OCC)OCC. The highest BCUT2D eigenvalue weighted by Gasteiger charge is 2.23. The Balaban J connectivity index is 4.22. The van der Waals surface area contributed by atoms with Crippen molar-refractivity contribution in [3.63, 3.8) is 0 Å². The topological polar surface area (TPSA) is 54.0 Å². The lowest BCUT2D eigenvalue weighted by Gasteiger charge is -2.20. The van der Waals surface area contributed by atoms with Gasteiger partial charge in [-0.25, -0.2) is 0 Å². The van der Waals surface area contributed by atoms with Crippen LogP contribution in [0.5, 0.6) is 0 Å². The van der Waals surface area contributed by atoms with Crippen LogP contribution in [0.2, 0.25) is 0 Å². The van der Waals surface area contributed by atoms with Gasteiger partial charge in [-0.2, -0.15) is 0 Å². The molecule has 0 amide bonds. The van der Waals surface area contributed by atoms with Gasteiger partial charge in [0.1, 0.15) is 0 Å². The van der Waals surface area contributed by atoms with Crippen LogP contribution in [0.15, 0.2) is 0 Å². The number of rotatable bonds is 11. The van der Waals surface area contributed by atoms with Gasteiger partial charge in [-0.1, -0.05) is 0 Å². The van der Waals surface area contributed by atoms with Crippen LogP contribution in [-0.2, 0) is 23.7 Å². The molecule has 0 rings (SSSR count). The molecule has 0 aliphatic carbocycles. The van der Waals surface area contributed by atoms with Crippen molar-refractivity contribution in [3.05, 3.63) is 0 Å². The van der Waals surface area contributed by atoms with Crippen molar-refractivity contribution in [1.29, 1.82) is 0 Å². The Morgan fingerprint density at radius 2 is 1.24 bits per heavy atom. The Kier molecular flexibility index (Phi) is 10.3. The number of ketones is 1. The first kappa shape index (κ1) is 16.5. The zero-order valence-corrected chi connectivity index (χ0v) is 11.2. The summed E-state index contributed by atoms with van der Waals surface area (Å²) in [5, 5.41) is 0. The minimum Gasteiger partial charge on any atom is -0.352 e. The van der Waals surface area contributed by atoms with Crippen LogP contribution < -0.4 is 0 Å². The molecular weight excluding hydrogens is 224 g/mol. The minimum atomic E-state index is -0.812. The Labute approximate surface area is 103 Å². The number of hydrogen-bond acceptors (Lipinski definition) is 5. The molecule has 0 unspecified atom stereocenters. The Hall–Kier alpha value is -0.490. The highest BCUT2D eigenvalue weighted by molar-refractivity contribution is 5.82. The highest BCUT2D eigenvalue weighted by Crippen LogP contribution is 2.07. The van der Waals surface area contributed by atoms with Crippen molar-refractivity contribution < 1.29 is 23.7 Å². The molecule has 0 spiro atoms. The van der Waals surface area contributed by atoms with Crippen molar-refractivity contribution in [1.82, 2.24) is 0 Å². The summed E-state index contributed by atoms with van der Waals surface area (Å²) in [5.41, 5.74) is 0. The molecule has 0 aromatic heterocycles. The number of hydrogen-bond donors (Lipinski definition) is 0. The Bertz CT molecular complexity index is 183. The van der Waals surface area contributed by atoms with Gasteiger partial charge in [-0.15, -0.1) is 0 Å². The van der Waals surface area contributed by atoms with E-state index >= 15 is 0 Å². The second kappa shape index (κ2) is 10.7. The van der Waals surface area contributed by atoms with E-state index in [0.29, 0.717) is 26.4 Å². The van der Waals surface area contributed by atoms with E-state index in [1.54, 1.807) is 0 Å². The minimum absolute atomic E-state index is 0.145. The molecule has 0 aliphatic heterocycles. The van der Waals surface area contributed by atoms with Crippen molar-refractivity contribution in [3.8, 4) is 0 Å².